The van der Waals surface area contributed by atoms with Crippen LogP contribution in [0.1, 0.15) is 56.1 Å². The number of halogens is 3. The molecular weight excluding hydrogens is 581 g/mol. The summed E-state index contributed by atoms with van der Waals surface area (Å²) >= 11 is 18.5. The van der Waals surface area contributed by atoms with Gasteiger partial charge in [0.15, 0.2) is 0 Å². The summed E-state index contributed by atoms with van der Waals surface area (Å²) in [4.78, 5) is 35.1. The van der Waals surface area contributed by atoms with E-state index in [0.717, 1.165) is 48.0 Å². The number of carbonyl (C=O) groups excluding carboxylic acids is 2. The highest BCUT2D eigenvalue weighted by Gasteiger charge is 2.31. The molecule has 0 spiro atoms. The fourth-order valence-corrected chi connectivity index (χ4v) is 6.87. The Morgan fingerprint density at radius 3 is 2.39 bits per heavy atom. The summed E-state index contributed by atoms with van der Waals surface area (Å²) in [7, 11) is 0. The molecule has 2 saturated heterocycles. The third kappa shape index (κ3) is 7.38. The molecule has 0 saturated carbocycles. The summed E-state index contributed by atoms with van der Waals surface area (Å²) in [6.45, 7) is 6.62. The number of hydrogen-bond donors (Lipinski definition) is 3. The Hall–Kier alpha value is -2.29. The number of H-pyrrole nitrogens is 1. The lowest BCUT2D eigenvalue weighted by atomic mass is 9.92. The highest BCUT2D eigenvalue weighted by molar-refractivity contribution is 6.48. The number of hydrogen-bond acceptors (Lipinski definition) is 4. The highest BCUT2D eigenvalue weighted by Crippen LogP contribution is 2.32. The Kier molecular flexibility index (Phi) is 10.1. The third-order valence-electron chi connectivity index (χ3n) is 8.55. The van der Waals surface area contributed by atoms with Crippen molar-refractivity contribution in [3.8, 4) is 0 Å². The van der Waals surface area contributed by atoms with Crippen LogP contribution in [0.4, 0.5) is 0 Å². The lowest BCUT2D eigenvalue weighted by Gasteiger charge is -2.40. The van der Waals surface area contributed by atoms with Gasteiger partial charge in [0, 0.05) is 48.7 Å². The standard InChI is InChI=1S/C31H38Cl3N5O2/c1-20(24-18-35-27-8-4-3-7-23(24)27)30(31(41)36-17-21-15-25(32)29(34)26(33)16-21)37-28(40)19-38-13-9-22(10-14-38)39-11-5-2-6-12-39/h3-4,7-8,15-16,18,20,22,30,35H,2,5-6,9-14,17,19H2,1H3,(H,36,41)(H,37,40). The summed E-state index contributed by atoms with van der Waals surface area (Å²) in [6, 6.07) is 11.2. The topological polar surface area (TPSA) is 80.5 Å². The fourth-order valence-electron chi connectivity index (χ4n) is 6.23. The van der Waals surface area contributed by atoms with Crippen molar-refractivity contribution < 1.29 is 9.59 Å². The van der Waals surface area contributed by atoms with E-state index in [9.17, 15) is 9.59 Å². The predicted octanol–water partition coefficient (Wildman–Crippen LogP) is 5.98. The van der Waals surface area contributed by atoms with Gasteiger partial charge in [-0.15, -0.1) is 0 Å². The summed E-state index contributed by atoms with van der Waals surface area (Å²) in [5, 5.41) is 8.00. The maximum Gasteiger partial charge on any atom is 0.243 e. The smallest absolute Gasteiger partial charge is 0.243 e. The molecule has 2 aliphatic heterocycles. The van der Waals surface area contributed by atoms with E-state index >= 15 is 0 Å². The van der Waals surface area contributed by atoms with Crippen LogP contribution in [0.15, 0.2) is 42.6 Å². The zero-order chi connectivity index (χ0) is 28.9. The maximum absolute atomic E-state index is 13.6. The molecule has 10 heteroatoms. The van der Waals surface area contributed by atoms with Crippen molar-refractivity contribution in [1.29, 1.82) is 0 Å². The van der Waals surface area contributed by atoms with Crippen molar-refractivity contribution in [3.05, 3.63) is 68.8 Å². The normalized spacial score (nSPS) is 18.7. The van der Waals surface area contributed by atoms with Gasteiger partial charge in [0.1, 0.15) is 6.04 Å². The lowest BCUT2D eigenvalue weighted by molar-refractivity contribution is -0.130. The molecule has 2 aliphatic rings. The minimum Gasteiger partial charge on any atom is -0.361 e. The second-order valence-corrected chi connectivity index (χ2v) is 12.5. The minimum absolute atomic E-state index is 0.147. The first kappa shape index (κ1) is 30.2. The quantitative estimate of drug-likeness (QED) is 0.258. The predicted molar refractivity (Wildman–Crippen MR) is 167 cm³/mol. The van der Waals surface area contributed by atoms with Crippen LogP contribution in [-0.2, 0) is 16.1 Å². The molecule has 2 atom stereocenters. The molecule has 7 nitrogen and oxygen atoms in total. The van der Waals surface area contributed by atoms with Crippen LogP contribution in [0.25, 0.3) is 10.9 Å². The first-order chi connectivity index (χ1) is 19.8. The zero-order valence-corrected chi connectivity index (χ0v) is 25.7. The first-order valence-electron chi connectivity index (χ1n) is 14.5. The van der Waals surface area contributed by atoms with Crippen LogP contribution in [0, 0.1) is 0 Å². The molecule has 220 valence electrons. The van der Waals surface area contributed by atoms with Crippen molar-refractivity contribution in [2.75, 3.05) is 32.7 Å². The van der Waals surface area contributed by atoms with Crippen LogP contribution >= 0.6 is 34.8 Å². The molecule has 0 aliphatic carbocycles. The molecular formula is C31H38Cl3N5O2. The Bertz CT molecular complexity index is 1340. The molecule has 3 heterocycles. The molecule has 1 aromatic heterocycles. The number of amides is 2. The molecule has 5 rings (SSSR count). The average molecular weight is 619 g/mol. The van der Waals surface area contributed by atoms with Gasteiger partial charge in [-0.3, -0.25) is 14.5 Å². The number of rotatable bonds is 9. The van der Waals surface area contributed by atoms with Crippen LogP contribution in [0.3, 0.4) is 0 Å². The van der Waals surface area contributed by atoms with Crippen LogP contribution in [-0.4, -0.2) is 71.4 Å². The Labute approximate surface area is 256 Å². The Morgan fingerprint density at radius 1 is 1.00 bits per heavy atom. The number of fused-ring (bicyclic) bond motifs is 1. The number of carbonyl (C=O) groups is 2. The van der Waals surface area contributed by atoms with E-state index in [0.29, 0.717) is 16.1 Å². The molecule has 2 fully saturated rings. The molecule has 3 aromatic rings. The van der Waals surface area contributed by atoms with E-state index < -0.39 is 6.04 Å². The summed E-state index contributed by atoms with van der Waals surface area (Å²) < 4.78 is 0. The Morgan fingerprint density at radius 2 is 1.68 bits per heavy atom. The van der Waals surface area contributed by atoms with Gasteiger partial charge in [-0.05, 0) is 68.1 Å². The molecule has 2 aromatic carbocycles. The van der Waals surface area contributed by atoms with Gasteiger partial charge in [0.25, 0.3) is 0 Å². The summed E-state index contributed by atoms with van der Waals surface area (Å²) in [6.07, 6.45) is 8.00. The number of nitrogens with one attached hydrogen (secondary N) is 3. The summed E-state index contributed by atoms with van der Waals surface area (Å²) in [5.41, 5.74) is 2.68. The molecule has 3 N–H and O–H groups in total. The van der Waals surface area contributed by atoms with Gasteiger partial charge >= 0.3 is 0 Å². The van der Waals surface area contributed by atoms with Gasteiger partial charge in [-0.25, -0.2) is 0 Å². The van der Waals surface area contributed by atoms with Gasteiger partial charge in [0.2, 0.25) is 11.8 Å². The van der Waals surface area contributed by atoms with E-state index in [1.54, 1.807) is 12.1 Å². The molecule has 2 amide bonds. The maximum atomic E-state index is 13.6. The molecule has 2 unspecified atom stereocenters. The largest absolute Gasteiger partial charge is 0.361 e. The molecule has 0 radical (unpaired) electrons. The minimum atomic E-state index is -0.772. The lowest BCUT2D eigenvalue weighted by Crippen LogP contribution is -2.53. The fraction of sp³-hybridized carbons (Fsp3) is 0.484. The highest BCUT2D eigenvalue weighted by atomic mass is 35.5. The number of piperidine rings is 2. The number of likely N-dealkylation sites (tertiary alicyclic amines) is 2. The van der Waals surface area contributed by atoms with E-state index in [-0.39, 0.29) is 35.8 Å². The number of para-hydroxylation sites is 1. The number of aromatic amines is 1. The number of benzene rings is 2. The monoisotopic (exact) mass is 617 g/mol. The number of aromatic nitrogens is 1. The van der Waals surface area contributed by atoms with Crippen LogP contribution < -0.4 is 10.6 Å². The Balaban J connectivity index is 1.25. The van der Waals surface area contributed by atoms with Crippen molar-refractivity contribution in [2.24, 2.45) is 0 Å². The van der Waals surface area contributed by atoms with E-state index in [4.69, 9.17) is 34.8 Å². The summed E-state index contributed by atoms with van der Waals surface area (Å²) in [5.74, 6) is -0.703. The van der Waals surface area contributed by atoms with Gasteiger partial charge in [-0.1, -0.05) is 66.3 Å². The van der Waals surface area contributed by atoms with E-state index in [2.05, 4.69) is 25.4 Å². The number of nitrogens with zero attached hydrogens (tertiary/aromatic N) is 2. The molecule has 41 heavy (non-hydrogen) atoms. The average Bonchev–Trinajstić information content (AvgIpc) is 3.42. The van der Waals surface area contributed by atoms with Crippen LogP contribution in [0.5, 0.6) is 0 Å². The van der Waals surface area contributed by atoms with Gasteiger partial charge in [-0.2, -0.15) is 0 Å². The first-order valence-corrected chi connectivity index (χ1v) is 15.7. The molecule has 0 bridgehead atoms. The van der Waals surface area contributed by atoms with Crippen molar-refractivity contribution >= 4 is 57.5 Å². The van der Waals surface area contributed by atoms with Gasteiger partial charge < -0.3 is 20.5 Å². The van der Waals surface area contributed by atoms with E-state index in [1.165, 1.54) is 32.4 Å². The van der Waals surface area contributed by atoms with Crippen molar-refractivity contribution in [3.63, 3.8) is 0 Å². The SMILES string of the molecule is CC(c1c[nH]c2ccccc12)C(NC(=O)CN1CCC(N2CCCCC2)CC1)C(=O)NCc1cc(Cl)c(Cl)c(Cl)c1. The van der Waals surface area contributed by atoms with Crippen LogP contribution in [0.2, 0.25) is 15.1 Å². The van der Waals surface area contributed by atoms with Gasteiger partial charge in [0.05, 0.1) is 21.6 Å². The zero-order valence-electron chi connectivity index (χ0n) is 23.4. The van der Waals surface area contributed by atoms with E-state index in [1.807, 2.05) is 37.4 Å². The second-order valence-electron chi connectivity index (χ2n) is 11.3. The van der Waals surface area contributed by atoms with Crippen molar-refractivity contribution in [1.82, 2.24) is 25.4 Å². The second kappa shape index (κ2) is 13.8. The third-order valence-corrected chi connectivity index (χ3v) is 9.75. The van der Waals surface area contributed by atoms with Crippen molar-refractivity contribution in [2.45, 2.75) is 63.6 Å².